The van der Waals surface area contributed by atoms with E-state index in [0.29, 0.717) is 5.88 Å². The van der Waals surface area contributed by atoms with Crippen LogP contribution in [-0.2, 0) is 5.88 Å². The van der Waals surface area contributed by atoms with Gasteiger partial charge in [0.1, 0.15) is 0 Å². The number of hydrogen-bond donors (Lipinski definition) is 0. The summed E-state index contributed by atoms with van der Waals surface area (Å²) in [6, 6.07) is 3.94. The zero-order chi connectivity index (χ0) is 9.80. The molecule has 0 unspecified atom stereocenters. The highest BCUT2D eigenvalue weighted by Crippen LogP contribution is 2.16. The van der Waals surface area contributed by atoms with Crippen LogP contribution in [0.3, 0.4) is 0 Å². The second kappa shape index (κ2) is 4.84. The first-order valence-electron chi connectivity index (χ1n) is 4.61. The number of thioether (sulfide) groups is 1. The highest BCUT2D eigenvalue weighted by molar-refractivity contribution is 7.99. The summed E-state index contributed by atoms with van der Waals surface area (Å²) in [6.07, 6.45) is 0. The molecule has 0 bridgehead atoms. The minimum Gasteiger partial charge on any atom is -0.353 e. The molecule has 1 aliphatic heterocycles. The third kappa shape index (κ3) is 2.30. The molecule has 3 nitrogen and oxygen atoms in total. The van der Waals surface area contributed by atoms with Crippen molar-refractivity contribution in [2.75, 3.05) is 29.5 Å². The fourth-order valence-corrected chi connectivity index (χ4v) is 2.43. The number of hydrogen-bond acceptors (Lipinski definition) is 4. The average Bonchev–Trinajstić information content (AvgIpc) is 2.30. The summed E-state index contributed by atoms with van der Waals surface area (Å²) in [5.41, 5.74) is 0.835. The maximum atomic E-state index is 5.65. The summed E-state index contributed by atoms with van der Waals surface area (Å²) in [7, 11) is 0. The summed E-state index contributed by atoms with van der Waals surface area (Å²) in [6.45, 7) is 2.14. The third-order valence-electron chi connectivity index (χ3n) is 2.18. The molecule has 2 heterocycles. The van der Waals surface area contributed by atoms with Gasteiger partial charge in [0, 0.05) is 24.6 Å². The van der Waals surface area contributed by atoms with Crippen molar-refractivity contribution in [1.82, 2.24) is 10.2 Å². The van der Waals surface area contributed by atoms with Gasteiger partial charge in [0.2, 0.25) is 0 Å². The van der Waals surface area contributed by atoms with Gasteiger partial charge in [0.05, 0.1) is 11.6 Å². The van der Waals surface area contributed by atoms with Crippen LogP contribution in [-0.4, -0.2) is 34.8 Å². The van der Waals surface area contributed by atoms with Gasteiger partial charge in [-0.25, -0.2) is 0 Å². The van der Waals surface area contributed by atoms with Crippen molar-refractivity contribution in [3.05, 3.63) is 17.8 Å². The molecule has 2 rings (SSSR count). The number of anilines is 1. The van der Waals surface area contributed by atoms with Gasteiger partial charge in [-0.15, -0.1) is 16.7 Å². The molecule has 0 radical (unpaired) electrons. The Labute approximate surface area is 92.8 Å². The normalized spacial score (nSPS) is 17.1. The van der Waals surface area contributed by atoms with Crippen molar-refractivity contribution >= 4 is 29.2 Å². The van der Waals surface area contributed by atoms with Gasteiger partial charge in [-0.2, -0.15) is 16.9 Å². The van der Waals surface area contributed by atoms with Crippen LogP contribution in [0, 0.1) is 0 Å². The molecule has 76 valence electrons. The van der Waals surface area contributed by atoms with Gasteiger partial charge in [-0.1, -0.05) is 0 Å². The van der Waals surface area contributed by atoms with Crippen molar-refractivity contribution in [1.29, 1.82) is 0 Å². The highest BCUT2D eigenvalue weighted by atomic mass is 35.5. The second-order valence-corrected chi connectivity index (χ2v) is 4.61. The Hall–Kier alpha value is -0.480. The van der Waals surface area contributed by atoms with E-state index in [2.05, 4.69) is 15.1 Å². The van der Waals surface area contributed by atoms with E-state index in [1.807, 2.05) is 23.9 Å². The third-order valence-corrected chi connectivity index (χ3v) is 3.39. The van der Waals surface area contributed by atoms with Crippen molar-refractivity contribution in [2.45, 2.75) is 5.88 Å². The Morgan fingerprint density at radius 1 is 1.29 bits per heavy atom. The average molecular weight is 230 g/mol. The van der Waals surface area contributed by atoms with Crippen molar-refractivity contribution < 1.29 is 0 Å². The van der Waals surface area contributed by atoms with Crippen LogP contribution in [0.15, 0.2) is 12.1 Å². The Morgan fingerprint density at radius 3 is 2.64 bits per heavy atom. The van der Waals surface area contributed by atoms with E-state index in [-0.39, 0.29) is 0 Å². The molecule has 0 aromatic carbocycles. The largest absolute Gasteiger partial charge is 0.353 e. The van der Waals surface area contributed by atoms with Crippen LogP contribution in [0.4, 0.5) is 5.82 Å². The fourth-order valence-electron chi connectivity index (χ4n) is 1.39. The number of rotatable bonds is 2. The lowest BCUT2D eigenvalue weighted by molar-refractivity contribution is 0.812. The number of aromatic nitrogens is 2. The SMILES string of the molecule is ClCc1ccc(N2CCSCC2)nn1. The number of nitrogens with zero attached hydrogens (tertiary/aromatic N) is 3. The topological polar surface area (TPSA) is 29.0 Å². The van der Waals surface area contributed by atoms with Crippen LogP contribution in [0.1, 0.15) is 5.69 Å². The van der Waals surface area contributed by atoms with Gasteiger partial charge in [0.25, 0.3) is 0 Å². The summed E-state index contributed by atoms with van der Waals surface area (Å²) in [4.78, 5) is 2.27. The lowest BCUT2D eigenvalue weighted by atomic mass is 10.4. The van der Waals surface area contributed by atoms with Crippen LogP contribution in [0.2, 0.25) is 0 Å². The zero-order valence-electron chi connectivity index (χ0n) is 7.82. The maximum absolute atomic E-state index is 5.65. The van der Waals surface area contributed by atoms with Crippen LogP contribution >= 0.6 is 23.4 Å². The molecule has 0 aliphatic carbocycles. The molecule has 1 fully saturated rings. The lowest BCUT2D eigenvalue weighted by Gasteiger charge is -2.26. The zero-order valence-corrected chi connectivity index (χ0v) is 9.39. The first kappa shape index (κ1) is 10.1. The van der Waals surface area contributed by atoms with Crippen molar-refractivity contribution in [3.63, 3.8) is 0 Å². The predicted molar refractivity (Wildman–Crippen MR) is 61.1 cm³/mol. The fraction of sp³-hybridized carbons (Fsp3) is 0.556. The molecule has 0 spiro atoms. The molecule has 0 amide bonds. The van der Waals surface area contributed by atoms with Crippen LogP contribution < -0.4 is 4.90 Å². The monoisotopic (exact) mass is 229 g/mol. The standard InChI is InChI=1S/C9H12ClN3S/c10-7-8-1-2-9(12-11-8)13-3-5-14-6-4-13/h1-2H,3-7H2. The second-order valence-electron chi connectivity index (χ2n) is 3.12. The van der Waals surface area contributed by atoms with Crippen molar-refractivity contribution in [2.24, 2.45) is 0 Å². The smallest absolute Gasteiger partial charge is 0.151 e. The van der Waals surface area contributed by atoms with E-state index >= 15 is 0 Å². The Morgan fingerprint density at radius 2 is 2.07 bits per heavy atom. The Bertz CT molecular complexity index is 285. The molecule has 1 aromatic rings. The predicted octanol–water partition coefficient (Wildman–Crippen LogP) is 1.77. The number of alkyl halides is 1. The van der Waals surface area contributed by atoms with Gasteiger partial charge in [0.15, 0.2) is 5.82 Å². The van der Waals surface area contributed by atoms with E-state index in [1.54, 1.807) is 0 Å². The molecule has 0 saturated carbocycles. The summed E-state index contributed by atoms with van der Waals surface area (Å²) in [5.74, 6) is 3.76. The molecule has 1 saturated heterocycles. The van der Waals surface area contributed by atoms with Gasteiger partial charge in [-0.3, -0.25) is 0 Å². The van der Waals surface area contributed by atoms with Crippen molar-refractivity contribution in [3.8, 4) is 0 Å². The van der Waals surface area contributed by atoms with E-state index in [4.69, 9.17) is 11.6 Å². The summed E-state index contributed by atoms with van der Waals surface area (Å²) in [5, 5.41) is 8.20. The van der Waals surface area contributed by atoms with Gasteiger partial charge >= 0.3 is 0 Å². The molecule has 1 aromatic heterocycles. The van der Waals surface area contributed by atoms with E-state index in [0.717, 1.165) is 24.6 Å². The van der Waals surface area contributed by atoms with Gasteiger partial charge < -0.3 is 4.90 Å². The molecule has 14 heavy (non-hydrogen) atoms. The molecule has 1 aliphatic rings. The highest BCUT2D eigenvalue weighted by Gasteiger charge is 2.12. The molecule has 0 N–H and O–H groups in total. The quantitative estimate of drug-likeness (QED) is 0.723. The molecule has 5 heteroatoms. The van der Waals surface area contributed by atoms with E-state index < -0.39 is 0 Å². The first-order chi connectivity index (χ1) is 6.90. The molecular weight excluding hydrogens is 218 g/mol. The number of halogens is 1. The maximum Gasteiger partial charge on any atom is 0.151 e. The summed E-state index contributed by atoms with van der Waals surface area (Å²) >= 11 is 7.64. The van der Waals surface area contributed by atoms with Gasteiger partial charge in [-0.05, 0) is 12.1 Å². The first-order valence-corrected chi connectivity index (χ1v) is 6.30. The van der Waals surface area contributed by atoms with Crippen LogP contribution in [0.5, 0.6) is 0 Å². The molecule has 0 atom stereocenters. The molecular formula is C9H12ClN3S. The Kier molecular flexibility index (Phi) is 3.48. The van der Waals surface area contributed by atoms with E-state index in [9.17, 15) is 0 Å². The minimum absolute atomic E-state index is 0.434. The Balaban J connectivity index is 2.07. The summed E-state index contributed by atoms with van der Waals surface area (Å²) < 4.78 is 0. The lowest BCUT2D eigenvalue weighted by Crippen LogP contribution is -2.33. The minimum atomic E-state index is 0.434. The van der Waals surface area contributed by atoms with E-state index in [1.165, 1.54) is 11.5 Å². The van der Waals surface area contributed by atoms with Crippen LogP contribution in [0.25, 0.3) is 0 Å².